The van der Waals surface area contributed by atoms with Gasteiger partial charge in [-0.15, -0.1) is 0 Å². The first-order valence-corrected chi connectivity index (χ1v) is 12.2. The van der Waals surface area contributed by atoms with Gasteiger partial charge in [0.1, 0.15) is 12.2 Å². The molecule has 0 saturated carbocycles. The van der Waals surface area contributed by atoms with E-state index in [0.29, 0.717) is 44.4 Å². The van der Waals surface area contributed by atoms with Crippen LogP contribution in [0.4, 0.5) is 0 Å². The highest BCUT2D eigenvalue weighted by Gasteiger charge is 2.26. The predicted molar refractivity (Wildman–Crippen MR) is 117 cm³/mol. The Morgan fingerprint density at radius 3 is 2.61 bits per heavy atom. The summed E-state index contributed by atoms with van der Waals surface area (Å²) >= 11 is 2.07. The molecule has 0 radical (unpaired) electrons. The molecule has 0 aromatic rings. The van der Waals surface area contributed by atoms with Crippen LogP contribution in [0, 0.1) is 11.3 Å². The predicted octanol–water partition coefficient (Wildman–Crippen LogP) is 4.43. The SMILES string of the molecule is CCOCC(COCC1COCC(CC)CC(C)(CC)CSCCCO1)OC. The molecule has 1 saturated heterocycles. The van der Waals surface area contributed by atoms with E-state index in [-0.39, 0.29) is 12.2 Å². The Hall–Kier alpha value is 0.150. The Labute approximate surface area is 177 Å². The van der Waals surface area contributed by atoms with Crippen LogP contribution >= 0.6 is 11.8 Å². The fraction of sp³-hybridized carbons (Fsp3) is 1.00. The molecule has 0 N–H and O–H groups in total. The van der Waals surface area contributed by atoms with Gasteiger partial charge in [-0.3, -0.25) is 0 Å². The van der Waals surface area contributed by atoms with Crippen LogP contribution in [0.1, 0.15) is 53.4 Å². The van der Waals surface area contributed by atoms with Crippen molar-refractivity contribution in [1.29, 1.82) is 0 Å². The van der Waals surface area contributed by atoms with Gasteiger partial charge in [-0.1, -0.05) is 27.2 Å². The number of thioether (sulfide) groups is 1. The van der Waals surface area contributed by atoms with Gasteiger partial charge in [0, 0.05) is 26.9 Å². The minimum atomic E-state index is -0.0387. The van der Waals surface area contributed by atoms with Crippen LogP contribution in [0.3, 0.4) is 0 Å². The third kappa shape index (κ3) is 11.4. The van der Waals surface area contributed by atoms with Crippen LogP contribution in [0.2, 0.25) is 0 Å². The third-order valence-electron chi connectivity index (χ3n) is 5.56. The molecule has 168 valence electrons. The van der Waals surface area contributed by atoms with E-state index in [2.05, 4.69) is 32.5 Å². The summed E-state index contributed by atoms with van der Waals surface area (Å²) in [4.78, 5) is 0. The molecule has 4 atom stereocenters. The quantitative estimate of drug-likeness (QED) is 0.521. The number of methoxy groups -OCH3 is 1. The summed E-state index contributed by atoms with van der Waals surface area (Å²) in [5.74, 6) is 2.99. The molecule has 1 rings (SSSR count). The number of hydrogen-bond acceptors (Lipinski definition) is 6. The molecule has 4 unspecified atom stereocenters. The summed E-state index contributed by atoms with van der Waals surface area (Å²) in [6.45, 7) is 13.5. The van der Waals surface area contributed by atoms with E-state index in [1.54, 1.807) is 7.11 Å². The summed E-state index contributed by atoms with van der Waals surface area (Å²) in [5, 5.41) is 0. The van der Waals surface area contributed by atoms with Crippen molar-refractivity contribution in [3.8, 4) is 0 Å². The molecule has 6 heteroatoms. The highest BCUT2D eigenvalue weighted by atomic mass is 32.2. The van der Waals surface area contributed by atoms with E-state index >= 15 is 0 Å². The van der Waals surface area contributed by atoms with Gasteiger partial charge in [0.25, 0.3) is 0 Å². The smallest absolute Gasteiger partial charge is 0.104 e. The zero-order valence-electron chi connectivity index (χ0n) is 18.9. The van der Waals surface area contributed by atoms with Crippen LogP contribution in [-0.2, 0) is 23.7 Å². The molecule has 0 spiro atoms. The molecule has 0 aromatic carbocycles. The molecule has 28 heavy (non-hydrogen) atoms. The highest BCUT2D eigenvalue weighted by Crippen LogP contribution is 2.35. The van der Waals surface area contributed by atoms with Crippen LogP contribution in [0.25, 0.3) is 0 Å². The van der Waals surface area contributed by atoms with Gasteiger partial charge in [-0.2, -0.15) is 11.8 Å². The van der Waals surface area contributed by atoms with E-state index < -0.39 is 0 Å². The molecule has 0 amide bonds. The van der Waals surface area contributed by atoms with Crippen LogP contribution in [-0.4, -0.2) is 77.1 Å². The molecule has 0 aliphatic carbocycles. The van der Waals surface area contributed by atoms with Crippen molar-refractivity contribution in [1.82, 2.24) is 0 Å². The number of ether oxygens (including phenoxy) is 5. The van der Waals surface area contributed by atoms with Gasteiger partial charge in [-0.25, -0.2) is 0 Å². The Morgan fingerprint density at radius 1 is 1.14 bits per heavy atom. The van der Waals surface area contributed by atoms with Gasteiger partial charge in [0.2, 0.25) is 0 Å². The molecule has 0 bridgehead atoms. The van der Waals surface area contributed by atoms with Crippen molar-refractivity contribution >= 4 is 11.8 Å². The average Bonchev–Trinajstić information content (AvgIpc) is 2.72. The van der Waals surface area contributed by atoms with Crippen LogP contribution in [0.5, 0.6) is 0 Å². The van der Waals surface area contributed by atoms with Gasteiger partial charge in [0.15, 0.2) is 0 Å². The van der Waals surface area contributed by atoms with E-state index in [0.717, 1.165) is 31.8 Å². The lowest BCUT2D eigenvalue weighted by molar-refractivity contribution is -0.0894. The monoisotopic (exact) mass is 420 g/mol. The maximum absolute atomic E-state index is 6.08. The lowest BCUT2D eigenvalue weighted by atomic mass is 9.80. The largest absolute Gasteiger partial charge is 0.379 e. The normalized spacial score (nSPS) is 29.5. The average molecular weight is 421 g/mol. The highest BCUT2D eigenvalue weighted by molar-refractivity contribution is 7.99. The summed E-state index contributed by atoms with van der Waals surface area (Å²) in [5.41, 5.74) is 0.405. The summed E-state index contributed by atoms with van der Waals surface area (Å²) in [7, 11) is 1.69. The van der Waals surface area contributed by atoms with Gasteiger partial charge < -0.3 is 23.7 Å². The van der Waals surface area contributed by atoms with E-state index in [4.69, 9.17) is 23.7 Å². The van der Waals surface area contributed by atoms with Crippen LogP contribution in [0.15, 0.2) is 0 Å². The molecule has 5 nitrogen and oxygen atoms in total. The Bertz CT molecular complexity index is 371. The Balaban J connectivity index is 2.49. The zero-order chi connectivity index (χ0) is 20.7. The molecular formula is C22H44O5S. The third-order valence-corrected chi connectivity index (χ3v) is 7.03. The lowest BCUT2D eigenvalue weighted by Crippen LogP contribution is -2.31. The van der Waals surface area contributed by atoms with Crippen molar-refractivity contribution in [3.05, 3.63) is 0 Å². The van der Waals surface area contributed by atoms with Crippen LogP contribution < -0.4 is 0 Å². The minimum absolute atomic E-state index is 0.0228. The van der Waals surface area contributed by atoms with Crippen molar-refractivity contribution in [2.45, 2.75) is 65.6 Å². The van der Waals surface area contributed by atoms with Gasteiger partial charge in [0.05, 0.1) is 26.4 Å². The first-order chi connectivity index (χ1) is 13.6. The van der Waals surface area contributed by atoms with Crippen molar-refractivity contribution in [2.75, 3.05) is 64.9 Å². The fourth-order valence-electron chi connectivity index (χ4n) is 3.33. The van der Waals surface area contributed by atoms with Crippen molar-refractivity contribution in [2.24, 2.45) is 11.3 Å². The van der Waals surface area contributed by atoms with Crippen molar-refractivity contribution in [3.63, 3.8) is 0 Å². The van der Waals surface area contributed by atoms with E-state index in [1.807, 2.05) is 6.92 Å². The molecule has 1 aliphatic heterocycles. The second-order valence-corrected chi connectivity index (χ2v) is 9.24. The summed E-state index contributed by atoms with van der Waals surface area (Å²) in [6, 6.07) is 0. The topological polar surface area (TPSA) is 46.2 Å². The van der Waals surface area contributed by atoms with E-state index in [1.165, 1.54) is 18.6 Å². The Morgan fingerprint density at radius 2 is 1.93 bits per heavy atom. The van der Waals surface area contributed by atoms with E-state index in [9.17, 15) is 0 Å². The summed E-state index contributed by atoms with van der Waals surface area (Å²) < 4.78 is 28.8. The molecule has 1 heterocycles. The molecule has 0 aromatic heterocycles. The standard InChI is InChI=1S/C22H44O5S/c1-6-19-12-22(4,7-2)18-28-11-9-10-27-21(16-25-13-19)17-26-15-20(23-5)14-24-8-3/h19-21H,6-18H2,1-5H3. The minimum Gasteiger partial charge on any atom is -0.379 e. The van der Waals surface area contributed by atoms with Crippen molar-refractivity contribution < 1.29 is 23.7 Å². The fourth-order valence-corrected chi connectivity index (χ4v) is 4.61. The zero-order valence-corrected chi connectivity index (χ0v) is 19.7. The molecular weight excluding hydrogens is 376 g/mol. The second-order valence-electron chi connectivity index (χ2n) is 8.13. The van der Waals surface area contributed by atoms with Gasteiger partial charge in [-0.05, 0) is 49.0 Å². The maximum Gasteiger partial charge on any atom is 0.104 e. The first kappa shape index (κ1) is 26.2. The molecule has 1 aliphatic rings. The lowest BCUT2D eigenvalue weighted by Gasteiger charge is -2.32. The Kier molecular flexibility index (Phi) is 14.9. The number of hydrogen-bond donors (Lipinski definition) is 0. The number of rotatable bonds is 10. The molecule has 1 fully saturated rings. The van der Waals surface area contributed by atoms with Gasteiger partial charge >= 0.3 is 0 Å². The second kappa shape index (κ2) is 15.9. The summed E-state index contributed by atoms with van der Waals surface area (Å²) in [6.07, 6.45) is 4.64. The maximum atomic E-state index is 6.08. The first-order valence-electron chi connectivity index (χ1n) is 11.0.